The molecule has 1 atom stereocenters. The Bertz CT molecular complexity index is 1660. The Labute approximate surface area is 224 Å². The molecule has 0 saturated carbocycles. The molecule has 12 heteroatoms. The smallest absolute Gasteiger partial charge is 0.418 e. The SMILES string of the molecule is CC1CN(C(=O)O)CCN1c1nc(=O)n(-c2ccccc2C(F)(F)F)c2cc(-c3ccccc3F)c(Cl)cc12. The van der Waals surface area contributed by atoms with Crippen LogP contribution in [0, 0.1) is 5.82 Å². The number of amides is 1. The summed E-state index contributed by atoms with van der Waals surface area (Å²) in [7, 11) is 0. The van der Waals surface area contributed by atoms with Gasteiger partial charge in [-0.1, -0.05) is 41.9 Å². The van der Waals surface area contributed by atoms with Gasteiger partial charge in [0.25, 0.3) is 0 Å². The van der Waals surface area contributed by atoms with Gasteiger partial charge in [0.2, 0.25) is 0 Å². The second kappa shape index (κ2) is 9.88. The molecule has 0 bridgehead atoms. The monoisotopic (exact) mass is 560 g/mol. The lowest BCUT2D eigenvalue weighted by Crippen LogP contribution is -2.54. The van der Waals surface area contributed by atoms with E-state index in [1.807, 2.05) is 0 Å². The van der Waals surface area contributed by atoms with Gasteiger partial charge in [0.05, 0.1) is 16.8 Å². The summed E-state index contributed by atoms with van der Waals surface area (Å²) in [6.07, 6.45) is -5.86. The van der Waals surface area contributed by atoms with Gasteiger partial charge in [-0.3, -0.25) is 4.57 Å². The highest BCUT2D eigenvalue weighted by atomic mass is 35.5. The number of benzene rings is 3. The summed E-state index contributed by atoms with van der Waals surface area (Å²) in [4.78, 5) is 32.1. The second-order valence-electron chi connectivity index (χ2n) is 9.17. The highest BCUT2D eigenvalue weighted by molar-refractivity contribution is 6.34. The van der Waals surface area contributed by atoms with Gasteiger partial charge in [0, 0.05) is 47.2 Å². The summed E-state index contributed by atoms with van der Waals surface area (Å²) < 4.78 is 57.5. The zero-order chi connectivity index (χ0) is 28.1. The molecule has 1 amide bonds. The molecule has 0 aliphatic carbocycles. The Morgan fingerprint density at radius 2 is 1.74 bits per heavy atom. The third-order valence-corrected chi connectivity index (χ3v) is 7.06. The number of aromatic nitrogens is 2. The summed E-state index contributed by atoms with van der Waals surface area (Å²) in [6, 6.07) is 12.8. The Hall–Kier alpha value is -4.12. The van der Waals surface area contributed by atoms with E-state index in [-0.39, 0.29) is 52.5 Å². The van der Waals surface area contributed by atoms with Gasteiger partial charge in [0.15, 0.2) is 0 Å². The van der Waals surface area contributed by atoms with Crippen LogP contribution in [0.25, 0.3) is 27.7 Å². The number of fused-ring (bicyclic) bond motifs is 1. The minimum absolute atomic E-state index is 0.0391. The van der Waals surface area contributed by atoms with Gasteiger partial charge in [-0.05, 0) is 37.3 Å². The van der Waals surface area contributed by atoms with E-state index in [0.29, 0.717) is 0 Å². The van der Waals surface area contributed by atoms with Crippen molar-refractivity contribution < 1.29 is 27.5 Å². The van der Waals surface area contributed by atoms with E-state index < -0.39 is 41.1 Å². The molecule has 1 fully saturated rings. The van der Waals surface area contributed by atoms with Crippen LogP contribution in [0.15, 0.2) is 65.5 Å². The molecule has 1 aliphatic heterocycles. The zero-order valence-corrected chi connectivity index (χ0v) is 21.2. The molecule has 0 radical (unpaired) electrons. The van der Waals surface area contributed by atoms with Crippen molar-refractivity contribution in [2.24, 2.45) is 0 Å². The van der Waals surface area contributed by atoms with Gasteiger partial charge >= 0.3 is 18.0 Å². The maximum absolute atomic E-state index is 14.8. The number of rotatable bonds is 3. The normalized spacial score (nSPS) is 16.1. The summed E-state index contributed by atoms with van der Waals surface area (Å²) in [5, 5.41) is 9.73. The van der Waals surface area contributed by atoms with Gasteiger partial charge in [-0.25, -0.2) is 14.0 Å². The van der Waals surface area contributed by atoms with Crippen molar-refractivity contribution in [1.82, 2.24) is 14.5 Å². The van der Waals surface area contributed by atoms with Crippen molar-refractivity contribution in [1.29, 1.82) is 0 Å². The van der Waals surface area contributed by atoms with Crippen LogP contribution in [0.5, 0.6) is 0 Å². The summed E-state index contributed by atoms with van der Waals surface area (Å²) in [5.74, 6) is -0.453. The van der Waals surface area contributed by atoms with Crippen LogP contribution >= 0.6 is 11.6 Å². The quantitative estimate of drug-likeness (QED) is 0.309. The number of anilines is 1. The van der Waals surface area contributed by atoms with Crippen LogP contribution in [0.2, 0.25) is 5.02 Å². The number of hydrogen-bond donors (Lipinski definition) is 1. The molecule has 1 aromatic heterocycles. The first kappa shape index (κ1) is 26.5. The lowest BCUT2D eigenvalue weighted by atomic mass is 10.0. The average Bonchev–Trinajstić information content (AvgIpc) is 2.88. The molecule has 1 N–H and O–H groups in total. The molecule has 2 heterocycles. The standard InChI is InChI=1S/C27H21ClF4N4O3/c1-15-14-34(26(38)39)10-11-35(15)24-18-12-20(28)17(16-6-2-4-8-21(16)29)13-23(18)36(25(37)33-24)22-9-5-3-7-19(22)27(30,31)32/h2-9,12-13,15H,10-11,14H2,1H3,(H,38,39). The lowest BCUT2D eigenvalue weighted by molar-refractivity contribution is -0.137. The minimum Gasteiger partial charge on any atom is -0.465 e. The first-order chi connectivity index (χ1) is 18.5. The van der Waals surface area contributed by atoms with Crippen molar-refractivity contribution in [3.63, 3.8) is 0 Å². The second-order valence-corrected chi connectivity index (χ2v) is 9.58. The zero-order valence-electron chi connectivity index (χ0n) is 20.4. The maximum Gasteiger partial charge on any atom is 0.418 e. The third kappa shape index (κ3) is 4.78. The number of para-hydroxylation sites is 1. The van der Waals surface area contributed by atoms with Gasteiger partial charge in [0.1, 0.15) is 11.6 Å². The number of nitrogens with zero attached hydrogens (tertiary/aromatic N) is 4. The molecule has 0 spiro atoms. The molecule has 1 unspecified atom stereocenters. The molecule has 7 nitrogen and oxygen atoms in total. The molecule has 1 aliphatic rings. The number of halogens is 5. The fourth-order valence-corrected chi connectivity index (χ4v) is 5.19. The third-order valence-electron chi connectivity index (χ3n) is 6.74. The van der Waals surface area contributed by atoms with Crippen molar-refractivity contribution in [3.8, 4) is 16.8 Å². The highest BCUT2D eigenvalue weighted by Gasteiger charge is 2.35. The van der Waals surface area contributed by atoms with Crippen molar-refractivity contribution in [2.45, 2.75) is 19.1 Å². The van der Waals surface area contributed by atoms with Crippen LogP contribution in [-0.4, -0.2) is 51.3 Å². The van der Waals surface area contributed by atoms with Crippen LogP contribution in [0.1, 0.15) is 12.5 Å². The Morgan fingerprint density at radius 1 is 1.05 bits per heavy atom. The van der Waals surface area contributed by atoms with Crippen LogP contribution in [0.3, 0.4) is 0 Å². The molecule has 4 aromatic rings. The topological polar surface area (TPSA) is 78.7 Å². The number of hydrogen-bond acceptors (Lipinski definition) is 4. The van der Waals surface area contributed by atoms with Crippen molar-refractivity contribution >= 4 is 34.4 Å². The van der Waals surface area contributed by atoms with Crippen LogP contribution in [-0.2, 0) is 6.18 Å². The van der Waals surface area contributed by atoms with Crippen LogP contribution in [0.4, 0.5) is 28.2 Å². The number of carbonyl (C=O) groups is 1. The number of carboxylic acid groups (broad SMARTS) is 1. The molecule has 202 valence electrons. The Balaban J connectivity index is 1.82. The first-order valence-electron chi connectivity index (χ1n) is 11.9. The fraction of sp³-hybridized carbons (Fsp3) is 0.222. The van der Waals surface area contributed by atoms with Gasteiger partial charge in [-0.15, -0.1) is 0 Å². The molecular formula is C27H21ClF4N4O3. The molecule has 39 heavy (non-hydrogen) atoms. The highest BCUT2D eigenvalue weighted by Crippen LogP contribution is 2.39. The van der Waals surface area contributed by atoms with Gasteiger partial charge < -0.3 is 14.9 Å². The fourth-order valence-electron chi connectivity index (χ4n) is 4.92. The largest absolute Gasteiger partial charge is 0.465 e. The molecule has 3 aromatic carbocycles. The first-order valence-corrected chi connectivity index (χ1v) is 12.3. The molecule has 5 rings (SSSR count). The molecular weight excluding hydrogens is 540 g/mol. The summed E-state index contributed by atoms with van der Waals surface area (Å²) in [5.41, 5.74) is -2.14. The number of piperazine rings is 1. The average molecular weight is 561 g/mol. The van der Waals surface area contributed by atoms with E-state index in [2.05, 4.69) is 4.98 Å². The van der Waals surface area contributed by atoms with Gasteiger partial charge in [-0.2, -0.15) is 18.2 Å². The van der Waals surface area contributed by atoms with E-state index in [9.17, 15) is 32.3 Å². The van der Waals surface area contributed by atoms with E-state index in [4.69, 9.17) is 11.6 Å². The Kier molecular flexibility index (Phi) is 6.71. The van der Waals surface area contributed by atoms with E-state index >= 15 is 0 Å². The molecule has 1 saturated heterocycles. The van der Waals surface area contributed by atoms with E-state index in [0.717, 1.165) is 16.7 Å². The minimum atomic E-state index is -4.77. The van der Waals surface area contributed by atoms with Crippen molar-refractivity contribution in [3.05, 3.63) is 87.6 Å². The summed E-state index contributed by atoms with van der Waals surface area (Å²) >= 11 is 6.60. The predicted octanol–water partition coefficient (Wildman–Crippen LogP) is 6.05. The Morgan fingerprint density at radius 3 is 2.41 bits per heavy atom. The maximum atomic E-state index is 14.8. The lowest BCUT2D eigenvalue weighted by Gasteiger charge is -2.39. The van der Waals surface area contributed by atoms with Crippen molar-refractivity contribution in [2.75, 3.05) is 24.5 Å². The van der Waals surface area contributed by atoms with E-state index in [1.54, 1.807) is 17.9 Å². The summed E-state index contributed by atoms with van der Waals surface area (Å²) in [6.45, 7) is 2.19. The van der Waals surface area contributed by atoms with E-state index in [1.165, 1.54) is 47.4 Å². The predicted molar refractivity (Wildman–Crippen MR) is 139 cm³/mol. The van der Waals surface area contributed by atoms with Crippen LogP contribution < -0.4 is 10.6 Å². The number of alkyl halides is 3.